The quantitative estimate of drug-likeness (QED) is 0.0282. The van der Waals surface area contributed by atoms with Crippen molar-refractivity contribution in [2.75, 3.05) is 40.9 Å². The highest BCUT2D eigenvalue weighted by atomic mass is 31.2. The van der Waals surface area contributed by atoms with Crippen LogP contribution in [-0.2, 0) is 18.4 Å². The molecule has 3 atom stereocenters. The molecule has 0 spiro atoms. The second-order valence-electron chi connectivity index (χ2n) is 15.7. The summed E-state index contributed by atoms with van der Waals surface area (Å²) in [5, 5.41) is 13.7. The summed E-state index contributed by atoms with van der Waals surface area (Å²) in [5.41, 5.74) is 0. The van der Waals surface area contributed by atoms with E-state index < -0.39 is 26.6 Å². The van der Waals surface area contributed by atoms with Crippen molar-refractivity contribution in [2.24, 2.45) is 0 Å². The number of hydrogen-bond donors (Lipinski definition) is 2. The van der Waals surface area contributed by atoms with Gasteiger partial charge in [-0.3, -0.25) is 9.36 Å². The van der Waals surface area contributed by atoms with Gasteiger partial charge in [-0.2, -0.15) is 0 Å². The zero-order chi connectivity index (χ0) is 37.9. The summed E-state index contributed by atoms with van der Waals surface area (Å²) in [7, 11) is 1.24. The summed E-state index contributed by atoms with van der Waals surface area (Å²) in [6, 6.07) is -0.912. The Morgan fingerprint density at radius 1 is 0.686 bits per heavy atom. The van der Waals surface area contributed by atoms with E-state index >= 15 is 0 Å². The van der Waals surface area contributed by atoms with Gasteiger partial charge in [0.15, 0.2) is 0 Å². The van der Waals surface area contributed by atoms with Crippen LogP contribution in [0.5, 0.6) is 0 Å². The molecule has 0 aromatic heterocycles. The van der Waals surface area contributed by atoms with E-state index in [9.17, 15) is 19.4 Å². The molecular weight excluding hydrogens is 659 g/mol. The van der Waals surface area contributed by atoms with Crippen LogP contribution in [0.25, 0.3) is 0 Å². The molecule has 0 heterocycles. The lowest BCUT2D eigenvalue weighted by atomic mass is 10.0. The standard InChI is InChI=1S/C42H83N2O6P/c1-6-8-10-12-14-16-18-19-20-21-22-23-24-25-26-28-30-32-34-36-42(46)43-40(39-50-51(47,48)49-38-37-44(3,4)5)41(45)35-33-31-29-27-17-15-13-11-9-7-2/h29,31,33,35,40-41,45H,6-28,30,32,34,36-39H2,1-5H3,(H-,43,46,47,48)/b31-29+,35-33+/t40-,41+/m0/s1. The molecule has 0 aliphatic rings. The van der Waals surface area contributed by atoms with Crippen molar-refractivity contribution in [3.8, 4) is 0 Å². The SMILES string of the molecule is CCCCCCCC/C=C/C=C/[C@@H](O)[C@H](COP(=O)([O-])OCC[N+](C)(C)C)NC(=O)CCCCCCCCCCCCCCCCCCCCC. The van der Waals surface area contributed by atoms with Gasteiger partial charge in [0, 0.05) is 6.42 Å². The maximum absolute atomic E-state index is 12.8. The van der Waals surface area contributed by atoms with Gasteiger partial charge in [0.1, 0.15) is 13.2 Å². The number of nitrogens with one attached hydrogen (secondary N) is 1. The van der Waals surface area contributed by atoms with Crippen molar-refractivity contribution >= 4 is 13.7 Å². The second kappa shape index (κ2) is 34.7. The third-order valence-corrected chi connectivity index (χ3v) is 10.4. The van der Waals surface area contributed by atoms with Crippen LogP contribution in [0, 0.1) is 0 Å². The first kappa shape index (κ1) is 50.0. The largest absolute Gasteiger partial charge is 0.756 e. The minimum absolute atomic E-state index is 0.00738. The fraction of sp³-hybridized carbons (Fsp3) is 0.881. The molecule has 0 fully saturated rings. The third-order valence-electron chi connectivity index (χ3n) is 9.47. The van der Waals surface area contributed by atoms with Crippen LogP contribution in [0.15, 0.2) is 24.3 Å². The molecule has 1 amide bonds. The Morgan fingerprint density at radius 2 is 1.12 bits per heavy atom. The highest BCUT2D eigenvalue weighted by Gasteiger charge is 2.23. The number of amides is 1. The smallest absolute Gasteiger partial charge is 0.268 e. The summed E-state index contributed by atoms with van der Waals surface area (Å²) in [6.45, 7) is 4.58. The molecule has 0 rings (SSSR count). The Balaban J connectivity index is 4.35. The minimum Gasteiger partial charge on any atom is -0.756 e. The molecule has 302 valence electrons. The number of allylic oxidation sites excluding steroid dienone is 3. The van der Waals surface area contributed by atoms with Crippen LogP contribution in [-0.4, -0.2) is 68.5 Å². The first-order valence-corrected chi connectivity index (χ1v) is 22.7. The number of rotatable bonds is 38. The average Bonchev–Trinajstić information content (AvgIpc) is 3.07. The van der Waals surface area contributed by atoms with Gasteiger partial charge in [0.05, 0.1) is 39.9 Å². The van der Waals surface area contributed by atoms with Gasteiger partial charge in [0.2, 0.25) is 5.91 Å². The summed E-state index contributed by atoms with van der Waals surface area (Å²) in [6.07, 6.45) is 39.5. The Labute approximate surface area is 315 Å². The number of carbonyl (C=O) groups excluding carboxylic acids is 1. The molecule has 0 saturated heterocycles. The minimum atomic E-state index is -4.59. The Hall–Kier alpha value is -1.02. The van der Waals surface area contributed by atoms with Crippen LogP contribution >= 0.6 is 7.82 Å². The summed E-state index contributed by atoms with van der Waals surface area (Å²) in [4.78, 5) is 25.2. The third kappa shape index (κ3) is 37.1. The highest BCUT2D eigenvalue weighted by molar-refractivity contribution is 7.45. The van der Waals surface area contributed by atoms with Gasteiger partial charge < -0.3 is 28.8 Å². The predicted octanol–water partition coefficient (Wildman–Crippen LogP) is 10.7. The molecule has 0 saturated carbocycles. The van der Waals surface area contributed by atoms with Crippen molar-refractivity contribution in [3.05, 3.63) is 24.3 Å². The number of aliphatic hydroxyl groups excluding tert-OH is 1. The number of phosphoric ester groups is 1. The number of likely N-dealkylation sites (N-methyl/N-ethyl adjacent to an activating group) is 1. The zero-order valence-corrected chi connectivity index (χ0v) is 35.0. The van der Waals surface area contributed by atoms with Gasteiger partial charge in [-0.05, 0) is 19.3 Å². The van der Waals surface area contributed by atoms with Crippen LogP contribution in [0.4, 0.5) is 0 Å². The maximum Gasteiger partial charge on any atom is 0.268 e. The normalized spacial score (nSPS) is 14.7. The lowest BCUT2D eigenvalue weighted by Gasteiger charge is -2.29. The zero-order valence-electron chi connectivity index (χ0n) is 34.1. The van der Waals surface area contributed by atoms with E-state index in [0.717, 1.165) is 32.1 Å². The number of hydrogen-bond acceptors (Lipinski definition) is 6. The molecule has 0 radical (unpaired) electrons. The number of phosphoric acid groups is 1. The van der Waals surface area contributed by atoms with Crippen LogP contribution in [0.3, 0.4) is 0 Å². The van der Waals surface area contributed by atoms with Crippen molar-refractivity contribution < 1.29 is 32.9 Å². The van der Waals surface area contributed by atoms with Gasteiger partial charge in [-0.1, -0.05) is 186 Å². The first-order chi connectivity index (χ1) is 24.5. The molecule has 0 bridgehead atoms. The lowest BCUT2D eigenvalue weighted by molar-refractivity contribution is -0.870. The van der Waals surface area contributed by atoms with Gasteiger partial charge in [-0.15, -0.1) is 0 Å². The summed E-state index contributed by atoms with van der Waals surface area (Å²) >= 11 is 0. The number of unbranched alkanes of at least 4 members (excludes halogenated alkanes) is 24. The Bertz CT molecular complexity index is 891. The van der Waals surface area contributed by atoms with Crippen molar-refractivity contribution in [3.63, 3.8) is 0 Å². The average molecular weight is 743 g/mol. The van der Waals surface area contributed by atoms with Crippen molar-refractivity contribution in [1.82, 2.24) is 5.32 Å². The van der Waals surface area contributed by atoms with E-state index in [-0.39, 0.29) is 12.5 Å². The maximum atomic E-state index is 12.8. The highest BCUT2D eigenvalue weighted by Crippen LogP contribution is 2.38. The van der Waals surface area contributed by atoms with Crippen LogP contribution in [0.2, 0.25) is 0 Å². The van der Waals surface area contributed by atoms with Gasteiger partial charge in [-0.25, -0.2) is 0 Å². The summed E-state index contributed by atoms with van der Waals surface area (Å²) < 4.78 is 23.1. The van der Waals surface area contributed by atoms with E-state index in [0.29, 0.717) is 17.4 Å². The van der Waals surface area contributed by atoms with Gasteiger partial charge in [0.25, 0.3) is 7.82 Å². The van der Waals surface area contributed by atoms with Crippen molar-refractivity contribution in [2.45, 2.75) is 199 Å². The molecule has 0 aliphatic heterocycles. The first-order valence-electron chi connectivity index (χ1n) is 21.2. The Morgan fingerprint density at radius 3 is 1.57 bits per heavy atom. The molecule has 9 heteroatoms. The van der Waals surface area contributed by atoms with E-state index in [1.807, 2.05) is 27.2 Å². The van der Waals surface area contributed by atoms with E-state index in [4.69, 9.17) is 9.05 Å². The molecule has 0 aromatic rings. The number of carbonyl (C=O) groups is 1. The van der Waals surface area contributed by atoms with E-state index in [1.54, 1.807) is 12.2 Å². The Kier molecular flexibility index (Phi) is 34.0. The van der Waals surface area contributed by atoms with E-state index in [2.05, 4.69) is 25.2 Å². The van der Waals surface area contributed by atoms with Gasteiger partial charge >= 0.3 is 0 Å². The summed E-state index contributed by atoms with van der Waals surface area (Å²) in [5.74, 6) is -0.215. The van der Waals surface area contributed by atoms with Crippen LogP contribution < -0.4 is 10.2 Å². The molecule has 8 nitrogen and oxygen atoms in total. The predicted molar refractivity (Wildman–Crippen MR) is 215 cm³/mol. The fourth-order valence-corrected chi connectivity index (χ4v) is 6.76. The fourth-order valence-electron chi connectivity index (χ4n) is 6.03. The topological polar surface area (TPSA) is 108 Å². The van der Waals surface area contributed by atoms with Crippen molar-refractivity contribution in [1.29, 1.82) is 0 Å². The molecule has 51 heavy (non-hydrogen) atoms. The van der Waals surface area contributed by atoms with E-state index in [1.165, 1.54) is 135 Å². The molecule has 1 unspecified atom stereocenters. The molecular formula is C42H83N2O6P. The molecule has 0 aliphatic carbocycles. The number of aliphatic hydroxyl groups is 1. The molecule has 0 aromatic carbocycles. The second-order valence-corrected chi connectivity index (χ2v) is 17.1. The number of nitrogens with zero attached hydrogens (tertiary/aromatic N) is 1. The number of quaternary nitrogens is 1. The monoisotopic (exact) mass is 743 g/mol. The molecule has 2 N–H and O–H groups in total. The van der Waals surface area contributed by atoms with Crippen LogP contribution in [0.1, 0.15) is 187 Å². The lowest BCUT2D eigenvalue weighted by Crippen LogP contribution is -2.45.